The van der Waals surface area contributed by atoms with Gasteiger partial charge in [-0.25, -0.2) is 22.7 Å². The molecule has 4 rings (SSSR count). The minimum atomic E-state index is -4.44. The quantitative estimate of drug-likeness (QED) is 0.291. The van der Waals surface area contributed by atoms with Crippen molar-refractivity contribution in [2.45, 2.75) is 16.9 Å². The van der Waals surface area contributed by atoms with Gasteiger partial charge in [0.25, 0.3) is 5.69 Å². The van der Waals surface area contributed by atoms with E-state index in [1.165, 1.54) is 12.1 Å². The fraction of sp³-hybridized carbons (Fsp3) is 0.167. The minimum absolute atomic E-state index is 0.0614. The number of para-hydroxylation sites is 1. The molecule has 12 heteroatoms. The second-order valence-corrected chi connectivity index (χ2v) is 9.67. The molecule has 36 heavy (non-hydrogen) atoms. The van der Waals surface area contributed by atoms with Crippen LogP contribution in [0.4, 0.5) is 10.5 Å². The molecule has 3 aromatic carbocycles. The number of rotatable bonds is 9. The number of aliphatic carboxylic acids is 1. The van der Waals surface area contributed by atoms with Gasteiger partial charge in [0.05, 0.1) is 4.92 Å². The summed E-state index contributed by atoms with van der Waals surface area (Å²) in [7, 11) is -4.44. The number of benzene rings is 3. The first-order chi connectivity index (χ1) is 17.2. The molecular weight excluding hydrogens is 490 g/mol. The average Bonchev–Trinajstić information content (AvgIpc) is 3.18. The standard InChI is InChI=1S/C24H21N3O8S/c28-23(29)20(13-25-36(33,34)22-12-6-5-11-21(22)27(31)32)26-24(30)35-14-19-17-9-3-1-7-15(17)16-8-2-4-10-18(16)19/h1-12,19-20,25H,13-14H2,(H,26,30)(H,28,29)/t20-/m0/s1. The summed E-state index contributed by atoms with van der Waals surface area (Å²) in [4.78, 5) is 33.7. The maximum Gasteiger partial charge on any atom is 0.407 e. The fourth-order valence-electron chi connectivity index (χ4n) is 4.09. The van der Waals surface area contributed by atoms with E-state index in [0.717, 1.165) is 34.4 Å². The fourth-order valence-corrected chi connectivity index (χ4v) is 5.31. The number of sulfonamides is 1. The molecule has 0 heterocycles. The first-order valence-electron chi connectivity index (χ1n) is 10.8. The molecule has 0 saturated heterocycles. The Hall–Kier alpha value is -4.29. The summed E-state index contributed by atoms with van der Waals surface area (Å²) < 4.78 is 32.4. The SMILES string of the molecule is O=C(N[C@@H](CNS(=O)(=O)c1ccccc1[N+](=O)[O-])C(=O)O)OCC1c2ccccc2-c2ccccc21. The highest BCUT2D eigenvalue weighted by Gasteiger charge is 2.31. The number of fused-ring (bicyclic) bond motifs is 3. The van der Waals surface area contributed by atoms with Crippen LogP contribution in [0.1, 0.15) is 17.0 Å². The lowest BCUT2D eigenvalue weighted by Crippen LogP contribution is -2.48. The predicted molar refractivity (Wildman–Crippen MR) is 128 cm³/mol. The molecule has 0 spiro atoms. The van der Waals surface area contributed by atoms with Crippen molar-refractivity contribution in [1.29, 1.82) is 0 Å². The molecule has 0 fully saturated rings. The highest BCUT2D eigenvalue weighted by atomic mass is 32.2. The summed E-state index contributed by atoms with van der Waals surface area (Å²) >= 11 is 0. The molecule has 0 radical (unpaired) electrons. The Labute approximate surface area is 205 Å². The summed E-state index contributed by atoms with van der Waals surface area (Å²) in [6.45, 7) is -0.817. The van der Waals surface area contributed by atoms with Crippen molar-refractivity contribution in [3.05, 3.63) is 94.0 Å². The number of nitro groups is 1. The number of nitro benzene ring substituents is 1. The van der Waals surface area contributed by atoms with Gasteiger partial charge in [0.1, 0.15) is 12.6 Å². The normalized spacial score (nSPS) is 13.3. The number of amides is 1. The van der Waals surface area contributed by atoms with Gasteiger partial charge in [0, 0.05) is 18.5 Å². The number of hydrogen-bond acceptors (Lipinski definition) is 7. The van der Waals surface area contributed by atoms with E-state index < -0.39 is 50.2 Å². The summed E-state index contributed by atoms with van der Waals surface area (Å²) in [6, 6.07) is 18.3. The van der Waals surface area contributed by atoms with E-state index in [9.17, 15) is 33.2 Å². The number of alkyl carbamates (subject to hydrolysis) is 1. The van der Waals surface area contributed by atoms with Crippen molar-refractivity contribution in [3.63, 3.8) is 0 Å². The highest BCUT2D eigenvalue weighted by molar-refractivity contribution is 7.89. The van der Waals surface area contributed by atoms with Gasteiger partial charge in [-0.2, -0.15) is 0 Å². The lowest BCUT2D eigenvalue weighted by molar-refractivity contribution is -0.387. The Morgan fingerprint density at radius 2 is 1.53 bits per heavy atom. The highest BCUT2D eigenvalue weighted by Crippen LogP contribution is 2.44. The van der Waals surface area contributed by atoms with E-state index in [-0.39, 0.29) is 12.5 Å². The van der Waals surface area contributed by atoms with Crippen LogP contribution in [0.5, 0.6) is 0 Å². The average molecular weight is 512 g/mol. The van der Waals surface area contributed by atoms with Crippen LogP contribution in [0, 0.1) is 10.1 Å². The van der Waals surface area contributed by atoms with Crippen LogP contribution in [-0.2, 0) is 19.6 Å². The molecule has 0 unspecified atom stereocenters. The number of carbonyl (C=O) groups excluding carboxylic acids is 1. The minimum Gasteiger partial charge on any atom is -0.480 e. The van der Waals surface area contributed by atoms with Gasteiger partial charge < -0.3 is 15.2 Å². The Morgan fingerprint density at radius 1 is 0.972 bits per heavy atom. The van der Waals surface area contributed by atoms with Crippen molar-refractivity contribution < 1.29 is 32.8 Å². The molecule has 3 aromatic rings. The number of nitrogens with zero attached hydrogens (tertiary/aromatic N) is 1. The predicted octanol–water partition coefficient (Wildman–Crippen LogP) is 2.87. The van der Waals surface area contributed by atoms with Crippen LogP contribution < -0.4 is 10.0 Å². The smallest absolute Gasteiger partial charge is 0.407 e. The lowest BCUT2D eigenvalue weighted by Gasteiger charge is -2.18. The Bertz CT molecular complexity index is 1400. The van der Waals surface area contributed by atoms with Crippen LogP contribution >= 0.6 is 0 Å². The van der Waals surface area contributed by atoms with Crippen LogP contribution in [0.15, 0.2) is 77.7 Å². The molecule has 0 aliphatic heterocycles. The third-order valence-corrected chi connectivity index (χ3v) is 7.23. The molecule has 0 bridgehead atoms. The van der Waals surface area contributed by atoms with Crippen molar-refractivity contribution in [1.82, 2.24) is 10.0 Å². The van der Waals surface area contributed by atoms with Gasteiger partial charge in [-0.05, 0) is 28.3 Å². The Kier molecular flexibility index (Phi) is 6.99. The Balaban J connectivity index is 1.41. The van der Waals surface area contributed by atoms with Gasteiger partial charge >= 0.3 is 12.1 Å². The summed E-state index contributed by atoms with van der Waals surface area (Å²) in [5.41, 5.74) is 3.32. The number of hydrogen-bond donors (Lipinski definition) is 3. The van der Waals surface area contributed by atoms with Crippen molar-refractivity contribution >= 4 is 27.8 Å². The first-order valence-corrected chi connectivity index (χ1v) is 12.2. The number of carboxylic acids is 1. The van der Waals surface area contributed by atoms with E-state index in [4.69, 9.17) is 4.74 Å². The van der Waals surface area contributed by atoms with Gasteiger partial charge in [0.15, 0.2) is 4.90 Å². The van der Waals surface area contributed by atoms with Crippen molar-refractivity contribution in [2.24, 2.45) is 0 Å². The lowest BCUT2D eigenvalue weighted by atomic mass is 9.98. The second kappa shape index (κ2) is 10.1. The summed E-state index contributed by atoms with van der Waals surface area (Å²) in [6.07, 6.45) is -1.05. The third kappa shape index (κ3) is 5.04. The largest absolute Gasteiger partial charge is 0.480 e. The third-order valence-electron chi connectivity index (χ3n) is 5.76. The molecule has 1 atom stereocenters. The van der Waals surface area contributed by atoms with Crippen LogP contribution in [0.25, 0.3) is 11.1 Å². The van der Waals surface area contributed by atoms with Gasteiger partial charge in [-0.3, -0.25) is 10.1 Å². The van der Waals surface area contributed by atoms with Gasteiger partial charge in [-0.1, -0.05) is 60.7 Å². The number of ether oxygens (including phenoxy) is 1. The molecule has 11 nitrogen and oxygen atoms in total. The van der Waals surface area contributed by atoms with Crippen molar-refractivity contribution in [3.8, 4) is 11.1 Å². The van der Waals surface area contributed by atoms with E-state index >= 15 is 0 Å². The number of carbonyl (C=O) groups is 2. The van der Waals surface area contributed by atoms with Crippen LogP contribution in [0.2, 0.25) is 0 Å². The van der Waals surface area contributed by atoms with Crippen LogP contribution in [0.3, 0.4) is 0 Å². The van der Waals surface area contributed by atoms with E-state index in [0.29, 0.717) is 0 Å². The zero-order chi connectivity index (χ0) is 25.9. The summed E-state index contributed by atoms with van der Waals surface area (Å²) in [5.74, 6) is -1.77. The maximum absolute atomic E-state index is 12.6. The number of carboxylic acid groups (broad SMARTS) is 1. The monoisotopic (exact) mass is 511 g/mol. The molecule has 1 aliphatic rings. The summed E-state index contributed by atoms with van der Waals surface area (Å²) in [5, 5.41) is 22.7. The van der Waals surface area contributed by atoms with Gasteiger partial charge in [-0.15, -0.1) is 0 Å². The molecule has 0 saturated carbocycles. The topological polar surface area (TPSA) is 165 Å². The molecule has 0 aromatic heterocycles. The number of nitrogens with one attached hydrogen (secondary N) is 2. The van der Waals surface area contributed by atoms with E-state index in [1.807, 2.05) is 53.3 Å². The van der Waals surface area contributed by atoms with Crippen molar-refractivity contribution in [2.75, 3.05) is 13.2 Å². The zero-order valence-electron chi connectivity index (χ0n) is 18.7. The molecule has 186 valence electrons. The van der Waals surface area contributed by atoms with Gasteiger partial charge in [0.2, 0.25) is 10.0 Å². The van der Waals surface area contributed by atoms with E-state index in [2.05, 4.69) is 5.32 Å². The molecule has 1 aliphatic carbocycles. The second-order valence-electron chi connectivity index (χ2n) is 7.94. The van der Waals surface area contributed by atoms with E-state index in [1.54, 1.807) is 0 Å². The first kappa shape index (κ1) is 24.8. The molecule has 1 amide bonds. The van der Waals surface area contributed by atoms with Crippen LogP contribution in [-0.4, -0.2) is 49.7 Å². The molecular formula is C24H21N3O8S. The maximum atomic E-state index is 12.6. The molecule has 3 N–H and O–H groups in total. The zero-order valence-corrected chi connectivity index (χ0v) is 19.5. The Morgan fingerprint density at radius 3 is 2.11 bits per heavy atom.